The second kappa shape index (κ2) is 5.15. The quantitative estimate of drug-likeness (QED) is 0.856. The van der Waals surface area contributed by atoms with Crippen molar-refractivity contribution in [3.63, 3.8) is 0 Å². The zero-order valence-electron chi connectivity index (χ0n) is 10.1. The van der Waals surface area contributed by atoms with Crippen molar-refractivity contribution in [1.82, 2.24) is 0 Å². The van der Waals surface area contributed by atoms with Crippen molar-refractivity contribution in [2.75, 3.05) is 0 Å². The van der Waals surface area contributed by atoms with Gasteiger partial charge in [-0.25, -0.2) is 4.39 Å². The van der Waals surface area contributed by atoms with Crippen molar-refractivity contribution in [1.29, 1.82) is 0 Å². The van der Waals surface area contributed by atoms with Crippen LogP contribution in [0.1, 0.15) is 32.8 Å². The lowest BCUT2D eigenvalue weighted by molar-refractivity contribution is 0.271. The Morgan fingerprint density at radius 2 is 2.06 bits per heavy atom. The molecule has 0 bridgehead atoms. The molecule has 0 amide bonds. The van der Waals surface area contributed by atoms with Crippen molar-refractivity contribution in [3.8, 4) is 0 Å². The summed E-state index contributed by atoms with van der Waals surface area (Å²) in [6, 6.07) is 4.70. The molecule has 0 spiro atoms. The fraction of sp³-hybridized carbons (Fsp3) is 0.538. The molecular formula is C13H19ClFN. The maximum Gasteiger partial charge on any atom is 0.127 e. The van der Waals surface area contributed by atoms with Crippen LogP contribution in [0.25, 0.3) is 0 Å². The summed E-state index contributed by atoms with van der Waals surface area (Å²) in [5.74, 6) is -0.269. The first kappa shape index (κ1) is 13.5. The molecule has 1 nitrogen and oxygen atoms in total. The summed E-state index contributed by atoms with van der Waals surface area (Å²) < 4.78 is 13.6. The molecule has 1 atom stereocenters. The molecule has 2 N–H and O–H groups in total. The monoisotopic (exact) mass is 243 g/mol. The second-order valence-electron chi connectivity index (χ2n) is 4.89. The minimum absolute atomic E-state index is 0.0199. The standard InChI is InChI=1S/C13H19ClFN/c1-4-13(2,3)12(16)7-9-5-6-10(14)8-11(9)15/h5-6,8,12H,4,7,16H2,1-3H3. The molecule has 0 radical (unpaired) electrons. The van der Waals surface area contributed by atoms with E-state index in [-0.39, 0.29) is 17.3 Å². The van der Waals surface area contributed by atoms with Crippen LogP contribution in [0.2, 0.25) is 5.02 Å². The first-order chi connectivity index (χ1) is 7.36. The minimum Gasteiger partial charge on any atom is -0.327 e. The zero-order valence-corrected chi connectivity index (χ0v) is 10.8. The van der Waals surface area contributed by atoms with E-state index < -0.39 is 0 Å². The summed E-state index contributed by atoms with van der Waals surface area (Å²) in [5.41, 5.74) is 6.76. The van der Waals surface area contributed by atoms with Crippen LogP contribution in [0.5, 0.6) is 0 Å². The van der Waals surface area contributed by atoms with Crippen LogP contribution in [0.15, 0.2) is 18.2 Å². The molecule has 1 unspecified atom stereocenters. The number of hydrogen-bond acceptors (Lipinski definition) is 1. The van der Waals surface area contributed by atoms with Gasteiger partial charge in [0.1, 0.15) is 5.82 Å². The van der Waals surface area contributed by atoms with Gasteiger partial charge in [0.05, 0.1) is 0 Å². The van der Waals surface area contributed by atoms with Gasteiger partial charge in [0.2, 0.25) is 0 Å². The third kappa shape index (κ3) is 3.19. The number of hydrogen-bond donors (Lipinski definition) is 1. The Labute approximate surface area is 102 Å². The molecule has 1 rings (SSSR count). The summed E-state index contributed by atoms with van der Waals surface area (Å²) >= 11 is 5.70. The van der Waals surface area contributed by atoms with Crippen molar-refractivity contribution in [2.24, 2.45) is 11.1 Å². The summed E-state index contributed by atoms with van der Waals surface area (Å²) in [6.07, 6.45) is 1.52. The SMILES string of the molecule is CCC(C)(C)C(N)Cc1ccc(Cl)cc1F. The molecule has 1 aromatic carbocycles. The van der Waals surface area contributed by atoms with Gasteiger partial charge in [-0.3, -0.25) is 0 Å². The molecule has 0 aliphatic heterocycles. The van der Waals surface area contributed by atoms with E-state index in [2.05, 4.69) is 20.8 Å². The van der Waals surface area contributed by atoms with E-state index in [4.69, 9.17) is 17.3 Å². The molecule has 0 fully saturated rings. The van der Waals surface area contributed by atoms with Gasteiger partial charge in [-0.1, -0.05) is 38.4 Å². The van der Waals surface area contributed by atoms with Crippen LogP contribution in [-0.4, -0.2) is 6.04 Å². The topological polar surface area (TPSA) is 26.0 Å². The molecule has 0 saturated heterocycles. The molecule has 0 aliphatic rings. The number of nitrogens with two attached hydrogens (primary N) is 1. The third-order valence-corrected chi connectivity index (χ3v) is 3.61. The molecule has 90 valence electrons. The van der Waals surface area contributed by atoms with Gasteiger partial charge < -0.3 is 5.73 Å². The van der Waals surface area contributed by atoms with Gasteiger partial charge in [-0.05, 0) is 36.0 Å². The highest BCUT2D eigenvalue weighted by Crippen LogP contribution is 2.26. The minimum atomic E-state index is -0.269. The Hall–Kier alpha value is -0.600. The van der Waals surface area contributed by atoms with Crippen molar-refractivity contribution in [3.05, 3.63) is 34.6 Å². The fourth-order valence-electron chi connectivity index (χ4n) is 1.46. The van der Waals surface area contributed by atoms with E-state index in [9.17, 15) is 4.39 Å². The predicted octanol–water partition coefficient (Wildman–Crippen LogP) is 3.79. The summed E-state index contributed by atoms with van der Waals surface area (Å²) in [5, 5.41) is 0.421. The van der Waals surface area contributed by atoms with Crippen LogP contribution in [0.4, 0.5) is 4.39 Å². The van der Waals surface area contributed by atoms with Gasteiger partial charge in [0.25, 0.3) is 0 Å². The Balaban J connectivity index is 2.81. The smallest absolute Gasteiger partial charge is 0.127 e. The van der Waals surface area contributed by atoms with E-state index in [1.54, 1.807) is 12.1 Å². The molecule has 0 aliphatic carbocycles. The second-order valence-corrected chi connectivity index (χ2v) is 5.32. The molecule has 16 heavy (non-hydrogen) atoms. The lowest BCUT2D eigenvalue weighted by Crippen LogP contribution is -2.38. The molecule has 0 aromatic heterocycles. The largest absolute Gasteiger partial charge is 0.327 e. The van der Waals surface area contributed by atoms with E-state index in [0.29, 0.717) is 17.0 Å². The average molecular weight is 244 g/mol. The van der Waals surface area contributed by atoms with E-state index >= 15 is 0 Å². The average Bonchev–Trinajstić information content (AvgIpc) is 2.22. The first-order valence-corrected chi connectivity index (χ1v) is 5.94. The molecule has 1 aromatic rings. The zero-order chi connectivity index (χ0) is 12.3. The number of halogens is 2. The normalized spacial score (nSPS) is 13.9. The highest BCUT2D eigenvalue weighted by Gasteiger charge is 2.25. The van der Waals surface area contributed by atoms with Crippen LogP contribution in [0, 0.1) is 11.2 Å². The summed E-state index contributed by atoms with van der Waals surface area (Å²) in [4.78, 5) is 0. The van der Waals surface area contributed by atoms with E-state index in [1.165, 1.54) is 6.07 Å². The lowest BCUT2D eigenvalue weighted by atomic mass is 9.79. The maximum absolute atomic E-state index is 13.6. The van der Waals surface area contributed by atoms with Gasteiger partial charge in [0.15, 0.2) is 0 Å². The summed E-state index contributed by atoms with van der Waals surface area (Å²) in [6.45, 7) is 6.30. The maximum atomic E-state index is 13.6. The third-order valence-electron chi connectivity index (χ3n) is 3.37. The highest BCUT2D eigenvalue weighted by atomic mass is 35.5. The Bertz CT molecular complexity index is 363. The molecule has 0 saturated carbocycles. The number of benzene rings is 1. The van der Waals surface area contributed by atoms with E-state index in [1.807, 2.05) is 0 Å². The highest BCUT2D eigenvalue weighted by molar-refractivity contribution is 6.30. The molecule has 3 heteroatoms. The van der Waals surface area contributed by atoms with Gasteiger partial charge in [0, 0.05) is 11.1 Å². The van der Waals surface area contributed by atoms with Crippen molar-refractivity contribution < 1.29 is 4.39 Å². The lowest BCUT2D eigenvalue weighted by Gasteiger charge is -2.30. The van der Waals surface area contributed by atoms with E-state index in [0.717, 1.165) is 6.42 Å². The van der Waals surface area contributed by atoms with Crippen molar-refractivity contribution in [2.45, 2.75) is 39.7 Å². The predicted molar refractivity (Wildman–Crippen MR) is 67.2 cm³/mol. The van der Waals surface area contributed by atoms with Gasteiger partial charge in [-0.2, -0.15) is 0 Å². The van der Waals surface area contributed by atoms with Crippen LogP contribution < -0.4 is 5.73 Å². The molecular weight excluding hydrogens is 225 g/mol. The fourth-order valence-corrected chi connectivity index (χ4v) is 1.62. The summed E-state index contributed by atoms with van der Waals surface area (Å²) in [7, 11) is 0. The Morgan fingerprint density at radius 3 is 2.56 bits per heavy atom. The van der Waals surface area contributed by atoms with Gasteiger partial charge >= 0.3 is 0 Å². The number of rotatable bonds is 4. The van der Waals surface area contributed by atoms with Crippen LogP contribution >= 0.6 is 11.6 Å². The van der Waals surface area contributed by atoms with Gasteiger partial charge in [-0.15, -0.1) is 0 Å². The van der Waals surface area contributed by atoms with Crippen LogP contribution in [-0.2, 0) is 6.42 Å². The van der Waals surface area contributed by atoms with Crippen molar-refractivity contribution >= 4 is 11.6 Å². The first-order valence-electron chi connectivity index (χ1n) is 5.56. The molecule has 0 heterocycles. The Morgan fingerprint density at radius 1 is 1.44 bits per heavy atom. The Kier molecular flexibility index (Phi) is 4.34. The van der Waals surface area contributed by atoms with Crippen LogP contribution in [0.3, 0.4) is 0 Å².